The van der Waals surface area contributed by atoms with Crippen LogP contribution in [0.4, 0.5) is 13.2 Å². The molecule has 0 heterocycles. The average Bonchev–Trinajstić information content (AvgIpc) is 2.95. The number of ether oxygens (including phenoxy) is 3. The zero-order valence-corrected chi connectivity index (χ0v) is 21.6. The lowest BCUT2D eigenvalue weighted by atomic mass is 10.1. The van der Waals surface area contributed by atoms with E-state index in [1.165, 1.54) is 0 Å². The van der Waals surface area contributed by atoms with E-state index in [9.17, 15) is 18.0 Å². The number of carbonyl (C=O) groups excluding carboxylic acids is 1. The van der Waals surface area contributed by atoms with Gasteiger partial charge >= 0.3 is 12.1 Å². The third-order valence-electron chi connectivity index (χ3n) is 5.82. The van der Waals surface area contributed by atoms with E-state index in [4.69, 9.17) is 18.4 Å². The van der Waals surface area contributed by atoms with Crippen LogP contribution in [0.15, 0.2) is 112 Å². The molecule has 0 aliphatic heterocycles. The summed E-state index contributed by atoms with van der Waals surface area (Å²) in [4.78, 5) is 15.6. The molecule has 0 amide bonds. The Balaban J connectivity index is 1.91. The Morgan fingerprint density at radius 2 is 0.921 bits per heavy atom. The van der Waals surface area contributed by atoms with Crippen LogP contribution < -0.4 is 14.2 Å². The van der Waals surface area contributed by atoms with Gasteiger partial charge in [-0.2, -0.15) is 13.2 Å². The lowest BCUT2D eigenvalue weighted by Gasteiger charge is -2.40. The van der Waals surface area contributed by atoms with E-state index in [1.807, 2.05) is 36.4 Å². The molecule has 0 fully saturated rings. The monoisotopic (exact) mass is 542 g/mol. The first-order chi connectivity index (χ1) is 18.2. The van der Waals surface area contributed by atoms with Crippen LogP contribution in [0.2, 0.25) is 0 Å². The maximum atomic E-state index is 13.6. The second-order valence-corrected chi connectivity index (χ2v) is 10.7. The summed E-state index contributed by atoms with van der Waals surface area (Å²) >= 11 is 0. The smallest absolute Gasteiger partial charge is 0.416 e. The number of benzene rings is 4. The van der Waals surface area contributed by atoms with Gasteiger partial charge in [0.1, 0.15) is 17.2 Å². The third-order valence-corrected chi connectivity index (χ3v) is 9.03. The lowest BCUT2D eigenvalue weighted by molar-refractivity contribution is -0.137. The fraction of sp³-hybridized carbons (Fsp3) is 0.138. The van der Waals surface area contributed by atoms with E-state index in [1.54, 1.807) is 57.7 Å². The van der Waals surface area contributed by atoms with E-state index in [0.717, 1.165) is 24.3 Å². The molecule has 0 saturated heterocycles. The van der Waals surface area contributed by atoms with Crippen molar-refractivity contribution in [2.24, 2.45) is 0 Å². The number of rotatable bonds is 8. The Hall–Kier alpha value is -4.11. The van der Waals surface area contributed by atoms with Crippen LogP contribution in [0.25, 0.3) is 0 Å². The first-order valence-corrected chi connectivity index (χ1v) is 12.9. The Morgan fingerprint density at radius 3 is 1.21 bits per heavy atom. The highest BCUT2D eigenvalue weighted by molar-refractivity contribution is 8.30. The standard InChI is InChI=1S/C29H25F3O5S/c1-34-22-8-14-25(15-9-22)38(26-16-10-23(35-2)11-17-26,27-18-12-24(36-3)13-19-27)37-28(33)20-4-6-21(7-5-20)29(30,31)32/h4-19H,1-3H3. The van der Waals surface area contributed by atoms with E-state index < -0.39 is 28.0 Å². The fourth-order valence-corrected chi connectivity index (χ4v) is 6.80. The number of methoxy groups -OCH3 is 3. The van der Waals surface area contributed by atoms with Gasteiger partial charge in [0.25, 0.3) is 0 Å². The molecule has 0 radical (unpaired) electrons. The van der Waals surface area contributed by atoms with E-state index in [2.05, 4.69) is 0 Å². The van der Waals surface area contributed by atoms with Gasteiger partial charge in [-0.1, -0.05) is 0 Å². The molecule has 0 bridgehead atoms. The third kappa shape index (κ3) is 5.43. The van der Waals surface area contributed by atoms with Crippen molar-refractivity contribution >= 4 is 16.3 Å². The summed E-state index contributed by atoms with van der Waals surface area (Å²) in [5, 5.41) is 0. The summed E-state index contributed by atoms with van der Waals surface area (Å²) in [5.74, 6) is 1.07. The first kappa shape index (κ1) is 26.9. The normalized spacial score (nSPS) is 11.9. The van der Waals surface area contributed by atoms with Crippen molar-refractivity contribution in [3.63, 3.8) is 0 Å². The average molecular weight is 543 g/mol. The van der Waals surface area contributed by atoms with E-state index in [0.29, 0.717) is 31.9 Å². The lowest BCUT2D eigenvalue weighted by Crippen LogP contribution is -2.14. The minimum absolute atomic E-state index is 0.00888. The van der Waals surface area contributed by atoms with Gasteiger partial charge in [-0.05, 0) is 107 Å². The molecule has 4 aromatic rings. The van der Waals surface area contributed by atoms with Gasteiger partial charge in [0.15, 0.2) is 0 Å². The highest BCUT2D eigenvalue weighted by atomic mass is 32.3. The molecule has 0 aliphatic rings. The molecule has 9 heteroatoms. The molecule has 38 heavy (non-hydrogen) atoms. The van der Waals surface area contributed by atoms with Crippen molar-refractivity contribution in [3.8, 4) is 17.2 Å². The molecule has 0 N–H and O–H groups in total. The highest BCUT2D eigenvalue weighted by Gasteiger charge is 2.37. The molecule has 5 nitrogen and oxygen atoms in total. The topological polar surface area (TPSA) is 54.0 Å². The van der Waals surface area contributed by atoms with Crippen molar-refractivity contribution < 1.29 is 36.4 Å². The molecule has 0 aliphatic carbocycles. The van der Waals surface area contributed by atoms with Gasteiger partial charge in [0.2, 0.25) is 0 Å². The van der Waals surface area contributed by atoms with Crippen molar-refractivity contribution in [2.75, 3.05) is 21.3 Å². The van der Waals surface area contributed by atoms with Crippen LogP contribution in [0, 0.1) is 0 Å². The second kappa shape index (κ2) is 11.1. The zero-order chi connectivity index (χ0) is 27.3. The molecule has 0 atom stereocenters. The van der Waals surface area contributed by atoms with Gasteiger partial charge in [-0.3, -0.25) is 0 Å². The van der Waals surface area contributed by atoms with Crippen molar-refractivity contribution in [2.45, 2.75) is 20.9 Å². The number of alkyl halides is 3. The molecular weight excluding hydrogens is 517 g/mol. The molecule has 4 aromatic carbocycles. The molecule has 0 spiro atoms. The quantitative estimate of drug-likeness (QED) is 0.228. The molecule has 0 aromatic heterocycles. The van der Waals surface area contributed by atoms with Gasteiger partial charge < -0.3 is 18.4 Å². The minimum Gasteiger partial charge on any atom is -0.497 e. The predicted octanol–water partition coefficient (Wildman–Crippen LogP) is 7.78. The molecule has 0 unspecified atom stereocenters. The van der Waals surface area contributed by atoms with Crippen LogP contribution in [-0.2, 0) is 10.4 Å². The summed E-state index contributed by atoms with van der Waals surface area (Å²) in [6, 6.07) is 25.4. The SMILES string of the molecule is COc1ccc(S(OC(=O)c2ccc(C(F)(F)F)cc2)(c2ccc(OC)cc2)c2ccc(OC)cc2)cc1. The minimum atomic E-state index is -4.52. The Morgan fingerprint density at radius 1 is 0.579 bits per heavy atom. The van der Waals surface area contributed by atoms with Crippen molar-refractivity contribution in [1.82, 2.24) is 0 Å². The molecular formula is C29H25F3O5S. The van der Waals surface area contributed by atoms with Gasteiger partial charge in [0.05, 0.1) is 32.5 Å². The largest absolute Gasteiger partial charge is 0.497 e. The van der Waals surface area contributed by atoms with Crippen LogP contribution in [0.5, 0.6) is 17.2 Å². The van der Waals surface area contributed by atoms with Crippen LogP contribution >= 0.6 is 10.3 Å². The number of hydrogen-bond donors (Lipinski definition) is 0. The summed E-state index contributed by atoms with van der Waals surface area (Å²) in [7, 11) is 1.91. The maximum Gasteiger partial charge on any atom is 0.416 e. The Kier molecular flexibility index (Phi) is 7.87. The summed E-state index contributed by atoms with van der Waals surface area (Å²) < 4.78 is 61.6. The second-order valence-electron chi connectivity index (χ2n) is 8.03. The van der Waals surface area contributed by atoms with Crippen LogP contribution in [-0.4, -0.2) is 27.3 Å². The van der Waals surface area contributed by atoms with Gasteiger partial charge in [-0.25, -0.2) is 4.79 Å². The molecule has 198 valence electrons. The summed E-state index contributed by atoms with van der Waals surface area (Å²) in [5.41, 5.74) is -0.862. The highest BCUT2D eigenvalue weighted by Crippen LogP contribution is 2.69. The van der Waals surface area contributed by atoms with Crippen LogP contribution in [0.3, 0.4) is 0 Å². The number of halogens is 3. The van der Waals surface area contributed by atoms with Crippen molar-refractivity contribution in [3.05, 3.63) is 108 Å². The van der Waals surface area contributed by atoms with Crippen molar-refractivity contribution in [1.29, 1.82) is 0 Å². The predicted molar refractivity (Wildman–Crippen MR) is 138 cm³/mol. The van der Waals surface area contributed by atoms with Gasteiger partial charge in [-0.15, -0.1) is 0 Å². The first-order valence-electron chi connectivity index (χ1n) is 11.4. The van der Waals surface area contributed by atoms with Gasteiger partial charge in [0, 0.05) is 14.7 Å². The maximum absolute atomic E-state index is 13.6. The molecule has 4 rings (SSSR count). The number of hydrogen-bond acceptors (Lipinski definition) is 5. The zero-order valence-electron chi connectivity index (χ0n) is 20.8. The molecule has 0 saturated carbocycles. The van der Waals surface area contributed by atoms with E-state index >= 15 is 0 Å². The Bertz CT molecular complexity index is 1250. The fourth-order valence-electron chi connectivity index (χ4n) is 3.81. The summed E-state index contributed by atoms with van der Waals surface area (Å²) in [6.45, 7) is 0. The number of carbonyl (C=O) groups is 1. The van der Waals surface area contributed by atoms with Crippen LogP contribution in [0.1, 0.15) is 15.9 Å². The summed E-state index contributed by atoms with van der Waals surface area (Å²) in [6.07, 6.45) is -4.52. The Labute approximate surface area is 220 Å². The van der Waals surface area contributed by atoms with E-state index in [-0.39, 0.29) is 5.56 Å².